The van der Waals surface area contributed by atoms with Crippen LogP contribution in [0.4, 0.5) is 0 Å². The van der Waals surface area contributed by atoms with Crippen molar-refractivity contribution >= 4 is 11.8 Å². The lowest BCUT2D eigenvalue weighted by Crippen LogP contribution is -2.39. The van der Waals surface area contributed by atoms with E-state index in [1.165, 1.54) is 0 Å². The number of hydrogen-bond acceptors (Lipinski definition) is 3. The highest BCUT2D eigenvalue weighted by Gasteiger charge is 2.24. The predicted octanol–water partition coefficient (Wildman–Crippen LogP) is 2.69. The lowest BCUT2D eigenvalue weighted by molar-refractivity contribution is -0.133. The highest BCUT2D eigenvalue weighted by Crippen LogP contribution is 2.17. The van der Waals surface area contributed by atoms with Gasteiger partial charge in [-0.05, 0) is 44.9 Å². The zero-order chi connectivity index (χ0) is 19.4. The van der Waals surface area contributed by atoms with Crippen LogP contribution in [0.5, 0.6) is 5.75 Å². The average molecular weight is 369 g/mol. The van der Waals surface area contributed by atoms with Gasteiger partial charge in [0.2, 0.25) is 0 Å². The van der Waals surface area contributed by atoms with Crippen LogP contribution in [0.15, 0.2) is 30.3 Å². The van der Waals surface area contributed by atoms with Gasteiger partial charge in [0.25, 0.3) is 11.8 Å². The third-order valence-electron chi connectivity index (χ3n) is 4.96. The first-order valence-electron chi connectivity index (χ1n) is 9.37. The first kappa shape index (κ1) is 19.0. The summed E-state index contributed by atoms with van der Waals surface area (Å²) in [6, 6.07) is 9.55. The van der Waals surface area contributed by atoms with Crippen LogP contribution in [0.3, 0.4) is 0 Å². The molecule has 0 aliphatic carbocycles. The highest BCUT2D eigenvalue weighted by molar-refractivity contribution is 5.95. The molecule has 144 valence electrons. The molecule has 1 aromatic carbocycles. The molecule has 0 atom stereocenters. The molecular weight excluding hydrogens is 342 g/mol. The van der Waals surface area contributed by atoms with Crippen molar-refractivity contribution in [3.8, 4) is 5.75 Å². The molecule has 1 aromatic heterocycles. The summed E-state index contributed by atoms with van der Waals surface area (Å²) in [5.74, 6) is 0.722. The van der Waals surface area contributed by atoms with E-state index < -0.39 is 0 Å². The fourth-order valence-corrected chi connectivity index (χ4v) is 3.44. The molecule has 1 saturated heterocycles. The molecule has 1 N–H and O–H groups in total. The quantitative estimate of drug-likeness (QED) is 0.901. The number of aromatic amines is 1. The summed E-state index contributed by atoms with van der Waals surface area (Å²) in [4.78, 5) is 32.1. The zero-order valence-electron chi connectivity index (χ0n) is 16.2. The topological polar surface area (TPSA) is 65.6 Å². The van der Waals surface area contributed by atoms with Crippen molar-refractivity contribution in [2.24, 2.45) is 0 Å². The zero-order valence-corrected chi connectivity index (χ0v) is 16.2. The molecule has 6 nitrogen and oxygen atoms in total. The molecule has 0 unspecified atom stereocenters. The van der Waals surface area contributed by atoms with Crippen molar-refractivity contribution in [3.05, 3.63) is 52.8 Å². The Bertz CT molecular complexity index is 828. The number of H-pyrrole nitrogens is 1. The van der Waals surface area contributed by atoms with E-state index in [0.717, 1.165) is 34.7 Å². The van der Waals surface area contributed by atoms with Crippen LogP contribution in [0.25, 0.3) is 0 Å². The lowest BCUT2D eigenvalue weighted by Gasteiger charge is -2.22. The van der Waals surface area contributed by atoms with Crippen LogP contribution >= 0.6 is 0 Å². The molecule has 27 heavy (non-hydrogen) atoms. The van der Waals surface area contributed by atoms with Crippen molar-refractivity contribution in [1.82, 2.24) is 14.8 Å². The van der Waals surface area contributed by atoms with Gasteiger partial charge in [0.05, 0.1) is 5.56 Å². The van der Waals surface area contributed by atoms with Crippen molar-refractivity contribution in [2.45, 2.75) is 27.2 Å². The maximum absolute atomic E-state index is 12.8. The Morgan fingerprint density at radius 1 is 1.04 bits per heavy atom. The van der Waals surface area contributed by atoms with E-state index in [1.807, 2.05) is 56.0 Å². The number of hydrogen-bond donors (Lipinski definition) is 1. The summed E-state index contributed by atoms with van der Waals surface area (Å²) < 4.78 is 5.68. The third kappa shape index (κ3) is 4.51. The summed E-state index contributed by atoms with van der Waals surface area (Å²) in [7, 11) is 0. The molecule has 1 aliphatic heterocycles. The maximum Gasteiger partial charge on any atom is 0.260 e. The molecule has 2 heterocycles. The number of aromatic nitrogens is 1. The van der Waals surface area contributed by atoms with Crippen molar-refractivity contribution in [3.63, 3.8) is 0 Å². The van der Waals surface area contributed by atoms with Crippen LogP contribution in [-0.2, 0) is 4.79 Å². The Morgan fingerprint density at radius 3 is 2.44 bits per heavy atom. The number of carbonyl (C=O) groups excluding carboxylic acids is 2. The van der Waals surface area contributed by atoms with Crippen LogP contribution in [0, 0.1) is 20.8 Å². The first-order chi connectivity index (χ1) is 13.0. The minimum atomic E-state index is -0.0405. The van der Waals surface area contributed by atoms with Crippen LogP contribution < -0.4 is 4.74 Å². The van der Waals surface area contributed by atoms with Crippen molar-refractivity contribution < 1.29 is 14.3 Å². The second-order valence-corrected chi connectivity index (χ2v) is 7.07. The number of benzene rings is 1. The van der Waals surface area contributed by atoms with Gasteiger partial charge in [0, 0.05) is 37.6 Å². The summed E-state index contributed by atoms with van der Waals surface area (Å²) in [6.45, 7) is 8.21. The highest BCUT2D eigenvalue weighted by atomic mass is 16.5. The van der Waals surface area contributed by atoms with E-state index in [4.69, 9.17) is 4.74 Å². The van der Waals surface area contributed by atoms with Gasteiger partial charge < -0.3 is 19.5 Å². The van der Waals surface area contributed by atoms with Crippen LogP contribution in [0.1, 0.15) is 33.7 Å². The molecule has 1 aliphatic rings. The number of amides is 2. The standard InChI is InChI=1S/C21H27N3O3/c1-15-7-4-5-8-19(15)27-14-20(25)23-9-6-10-24(12-11-23)21(26)18-13-16(2)22-17(18)3/h4-5,7-8,13,22H,6,9-12,14H2,1-3H3. The van der Waals surface area contributed by atoms with E-state index in [2.05, 4.69) is 4.98 Å². The maximum atomic E-state index is 12.8. The SMILES string of the molecule is Cc1cc(C(=O)N2CCCN(C(=O)COc3ccccc3C)CC2)c(C)[nH]1. The molecule has 3 rings (SSSR count). The average Bonchev–Trinajstić information content (AvgIpc) is 2.85. The third-order valence-corrected chi connectivity index (χ3v) is 4.96. The lowest BCUT2D eigenvalue weighted by atomic mass is 10.2. The Labute approximate surface area is 160 Å². The summed E-state index contributed by atoms with van der Waals surface area (Å²) in [6.07, 6.45) is 0.768. The Hall–Kier alpha value is -2.76. The van der Waals surface area contributed by atoms with Gasteiger partial charge in [-0.1, -0.05) is 18.2 Å². The number of para-hydroxylation sites is 1. The second-order valence-electron chi connectivity index (χ2n) is 7.07. The summed E-state index contributed by atoms with van der Waals surface area (Å²) in [5, 5.41) is 0. The molecule has 0 saturated carbocycles. The van der Waals surface area contributed by atoms with E-state index in [9.17, 15) is 9.59 Å². The monoisotopic (exact) mass is 369 g/mol. The largest absolute Gasteiger partial charge is 0.484 e. The Kier molecular flexibility index (Phi) is 5.84. The molecular formula is C21H27N3O3. The first-order valence-corrected chi connectivity index (χ1v) is 9.37. The number of ether oxygens (including phenoxy) is 1. The van der Waals surface area contributed by atoms with Gasteiger partial charge in [-0.15, -0.1) is 0 Å². The molecule has 0 spiro atoms. The van der Waals surface area contributed by atoms with Crippen molar-refractivity contribution in [2.75, 3.05) is 32.8 Å². The Morgan fingerprint density at radius 2 is 1.74 bits per heavy atom. The minimum absolute atomic E-state index is 0.0227. The number of nitrogens with zero attached hydrogens (tertiary/aromatic N) is 2. The predicted molar refractivity (Wildman–Crippen MR) is 104 cm³/mol. The molecule has 1 fully saturated rings. The van der Waals surface area contributed by atoms with Crippen molar-refractivity contribution in [1.29, 1.82) is 0 Å². The van der Waals surface area contributed by atoms with E-state index >= 15 is 0 Å². The molecule has 6 heteroatoms. The number of rotatable bonds is 4. The van der Waals surface area contributed by atoms with Gasteiger partial charge in [-0.3, -0.25) is 9.59 Å². The van der Waals surface area contributed by atoms with E-state index in [0.29, 0.717) is 26.2 Å². The van der Waals surface area contributed by atoms with Gasteiger partial charge >= 0.3 is 0 Å². The van der Waals surface area contributed by atoms with Gasteiger partial charge in [0.1, 0.15) is 5.75 Å². The van der Waals surface area contributed by atoms with Gasteiger partial charge in [-0.2, -0.15) is 0 Å². The summed E-state index contributed by atoms with van der Waals surface area (Å²) >= 11 is 0. The van der Waals surface area contributed by atoms with Crippen LogP contribution in [-0.4, -0.2) is 59.4 Å². The number of aryl methyl sites for hydroxylation is 3. The second kappa shape index (κ2) is 8.29. The van der Waals surface area contributed by atoms with E-state index in [1.54, 1.807) is 4.90 Å². The fourth-order valence-electron chi connectivity index (χ4n) is 3.44. The fraction of sp³-hybridized carbons (Fsp3) is 0.429. The molecule has 2 aromatic rings. The summed E-state index contributed by atoms with van der Waals surface area (Å²) in [5.41, 5.74) is 3.60. The Balaban J connectivity index is 1.56. The molecule has 2 amide bonds. The van der Waals surface area contributed by atoms with E-state index in [-0.39, 0.29) is 18.4 Å². The van der Waals surface area contributed by atoms with Gasteiger partial charge in [-0.25, -0.2) is 0 Å². The minimum Gasteiger partial charge on any atom is -0.484 e. The normalized spacial score (nSPS) is 14.8. The smallest absolute Gasteiger partial charge is 0.260 e. The van der Waals surface area contributed by atoms with Crippen LogP contribution in [0.2, 0.25) is 0 Å². The number of nitrogens with one attached hydrogen (secondary N) is 1. The molecule has 0 radical (unpaired) electrons. The molecule has 0 bridgehead atoms. The number of carbonyl (C=O) groups is 2. The van der Waals surface area contributed by atoms with Gasteiger partial charge in [0.15, 0.2) is 6.61 Å².